The van der Waals surface area contributed by atoms with Crippen molar-refractivity contribution in [2.24, 2.45) is 0 Å². The lowest BCUT2D eigenvalue weighted by atomic mass is 10.0. The molecule has 2 aliphatic heterocycles. The highest BCUT2D eigenvalue weighted by Gasteiger charge is 2.32. The minimum atomic E-state index is -4.35. The van der Waals surface area contributed by atoms with Crippen LogP contribution in [0.15, 0.2) is 48.7 Å². The first kappa shape index (κ1) is 22.3. The Bertz CT molecular complexity index is 1210. The van der Waals surface area contributed by atoms with Crippen LogP contribution in [-0.2, 0) is 19.3 Å². The van der Waals surface area contributed by atoms with Gasteiger partial charge in [-0.2, -0.15) is 18.3 Å². The van der Waals surface area contributed by atoms with E-state index in [0.717, 1.165) is 35.0 Å². The Morgan fingerprint density at radius 2 is 2.03 bits per heavy atom. The lowest BCUT2D eigenvalue weighted by Crippen LogP contribution is -2.51. The van der Waals surface area contributed by atoms with Crippen molar-refractivity contribution in [3.8, 4) is 17.0 Å². The number of nitrogens with one attached hydrogen (secondary N) is 2. The van der Waals surface area contributed by atoms with Gasteiger partial charge in [-0.05, 0) is 43.3 Å². The molecule has 2 aromatic carbocycles. The summed E-state index contributed by atoms with van der Waals surface area (Å²) in [4.78, 5) is 15.7. The average Bonchev–Trinajstić information content (AvgIpc) is 3.26. The van der Waals surface area contributed by atoms with E-state index in [9.17, 15) is 18.0 Å². The number of alkyl halides is 3. The first-order chi connectivity index (χ1) is 16.3. The molecule has 0 radical (unpaired) electrons. The number of amides is 1. The molecule has 1 fully saturated rings. The number of hydrogen-bond acceptors (Lipinski definition) is 5. The fraction of sp³-hybridized carbons (Fsp3) is 0.333. The summed E-state index contributed by atoms with van der Waals surface area (Å²) in [6, 6.07) is 11.2. The zero-order valence-electron chi connectivity index (χ0n) is 18.5. The monoisotopic (exact) mass is 471 g/mol. The summed E-state index contributed by atoms with van der Waals surface area (Å²) in [7, 11) is 0. The Kier molecular flexibility index (Phi) is 5.68. The lowest BCUT2D eigenvalue weighted by Gasteiger charge is -2.41. The molecular formula is C24H24F3N5O2. The van der Waals surface area contributed by atoms with Crippen molar-refractivity contribution in [1.82, 2.24) is 20.4 Å². The molecule has 0 bridgehead atoms. The second-order valence-corrected chi connectivity index (χ2v) is 8.66. The predicted octanol–water partition coefficient (Wildman–Crippen LogP) is 4.41. The van der Waals surface area contributed by atoms with Gasteiger partial charge < -0.3 is 15.0 Å². The van der Waals surface area contributed by atoms with Crippen molar-refractivity contribution >= 4 is 11.8 Å². The lowest BCUT2D eigenvalue weighted by molar-refractivity contribution is -0.137. The predicted molar refractivity (Wildman–Crippen MR) is 120 cm³/mol. The third kappa shape index (κ3) is 4.45. The van der Waals surface area contributed by atoms with Crippen LogP contribution in [0.3, 0.4) is 0 Å². The van der Waals surface area contributed by atoms with Crippen LogP contribution >= 0.6 is 0 Å². The molecule has 2 N–H and O–H groups in total. The molecule has 0 saturated carbocycles. The summed E-state index contributed by atoms with van der Waals surface area (Å²) in [6.45, 7) is 5.16. The average molecular weight is 471 g/mol. The summed E-state index contributed by atoms with van der Waals surface area (Å²) < 4.78 is 44.6. The molecule has 3 aromatic rings. The Labute approximate surface area is 194 Å². The Morgan fingerprint density at radius 3 is 2.82 bits per heavy atom. The highest BCUT2D eigenvalue weighted by atomic mass is 19.4. The van der Waals surface area contributed by atoms with Crippen LogP contribution in [-0.4, -0.2) is 46.9 Å². The molecule has 5 rings (SSSR count). The molecule has 0 spiro atoms. The molecule has 1 aromatic heterocycles. The number of aromatic nitrogens is 2. The van der Waals surface area contributed by atoms with Gasteiger partial charge in [-0.3, -0.25) is 10.00 Å². The van der Waals surface area contributed by atoms with E-state index < -0.39 is 17.8 Å². The molecule has 0 aliphatic carbocycles. The minimum Gasteiger partial charge on any atom is -0.410 e. The van der Waals surface area contributed by atoms with E-state index in [0.29, 0.717) is 37.6 Å². The van der Waals surface area contributed by atoms with Crippen molar-refractivity contribution < 1.29 is 22.7 Å². The van der Waals surface area contributed by atoms with Gasteiger partial charge in [-0.25, -0.2) is 4.79 Å². The number of benzene rings is 2. The third-order valence-electron chi connectivity index (χ3n) is 6.30. The van der Waals surface area contributed by atoms with Crippen molar-refractivity contribution in [1.29, 1.82) is 0 Å². The summed E-state index contributed by atoms with van der Waals surface area (Å²) in [5, 5.41) is 9.97. The van der Waals surface area contributed by atoms with Crippen molar-refractivity contribution in [2.75, 3.05) is 24.5 Å². The largest absolute Gasteiger partial charge is 0.416 e. The summed E-state index contributed by atoms with van der Waals surface area (Å²) in [5.74, 6) is 0.549. The quantitative estimate of drug-likeness (QED) is 0.590. The second kappa shape index (κ2) is 8.68. The van der Waals surface area contributed by atoms with Crippen LogP contribution in [0.4, 0.5) is 23.7 Å². The van der Waals surface area contributed by atoms with Gasteiger partial charge >= 0.3 is 12.3 Å². The fourth-order valence-electron chi connectivity index (χ4n) is 4.62. The van der Waals surface area contributed by atoms with Gasteiger partial charge in [0.1, 0.15) is 5.75 Å². The number of anilines is 1. The van der Waals surface area contributed by atoms with E-state index in [1.165, 1.54) is 12.1 Å². The topological polar surface area (TPSA) is 73.5 Å². The standard InChI is InChI=1S/C24H24F3N5O2/c1-15-13-31(7-8-32(15)20-4-2-3-19(10-20)24(25,26)27)14-18-12-29-30-22(18)16-5-6-21-17(9-16)11-28-23(33)34-21/h2-6,9-10,12,15H,7-8,11,13-14H2,1H3,(H,28,33)(H,29,30)/t15-/m0/s1. The number of piperazine rings is 1. The number of fused-ring (bicyclic) bond motifs is 1. The molecule has 1 amide bonds. The van der Waals surface area contributed by atoms with E-state index in [2.05, 4.69) is 20.4 Å². The normalized spacial score (nSPS) is 18.9. The summed E-state index contributed by atoms with van der Waals surface area (Å²) >= 11 is 0. The van der Waals surface area contributed by atoms with E-state index in [-0.39, 0.29) is 6.04 Å². The highest BCUT2D eigenvalue weighted by Crippen LogP contribution is 2.33. The van der Waals surface area contributed by atoms with Crippen molar-refractivity contribution in [3.63, 3.8) is 0 Å². The number of halogens is 3. The van der Waals surface area contributed by atoms with Gasteiger partial charge in [-0.15, -0.1) is 0 Å². The number of aromatic amines is 1. The number of hydrogen-bond donors (Lipinski definition) is 2. The SMILES string of the molecule is C[C@H]1CN(Cc2cn[nH]c2-c2ccc3c(c2)CNC(=O)O3)CCN1c1cccc(C(F)(F)F)c1. The Hall–Kier alpha value is -3.53. The highest BCUT2D eigenvalue weighted by molar-refractivity contribution is 5.74. The molecule has 2 aliphatic rings. The molecule has 7 nitrogen and oxygen atoms in total. The first-order valence-electron chi connectivity index (χ1n) is 11.1. The number of carbonyl (C=O) groups is 1. The van der Waals surface area contributed by atoms with Crippen LogP contribution in [0.5, 0.6) is 5.75 Å². The second-order valence-electron chi connectivity index (χ2n) is 8.66. The van der Waals surface area contributed by atoms with Crippen LogP contribution < -0.4 is 15.0 Å². The van der Waals surface area contributed by atoms with Crippen LogP contribution in [0, 0.1) is 0 Å². The number of H-pyrrole nitrogens is 1. The van der Waals surface area contributed by atoms with Gasteiger partial charge in [-0.1, -0.05) is 6.07 Å². The zero-order valence-corrected chi connectivity index (χ0v) is 18.5. The maximum absolute atomic E-state index is 13.1. The van der Waals surface area contributed by atoms with Crippen LogP contribution in [0.25, 0.3) is 11.3 Å². The maximum Gasteiger partial charge on any atom is 0.416 e. The van der Waals surface area contributed by atoms with E-state index >= 15 is 0 Å². The molecule has 0 unspecified atom stereocenters. The minimum absolute atomic E-state index is 0.0529. The Morgan fingerprint density at radius 1 is 1.18 bits per heavy atom. The molecule has 10 heteroatoms. The van der Waals surface area contributed by atoms with E-state index in [4.69, 9.17) is 4.74 Å². The Balaban J connectivity index is 1.28. The van der Waals surface area contributed by atoms with Gasteiger partial charge in [0.15, 0.2) is 0 Å². The maximum atomic E-state index is 13.1. The van der Waals surface area contributed by atoms with Crippen molar-refractivity contribution in [3.05, 3.63) is 65.4 Å². The van der Waals surface area contributed by atoms with E-state index in [1.807, 2.05) is 24.0 Å². The molecule has 1 atom stereocenters. The van der Waals surface area contributed by atoms with Gasteiger partial charge in [0, 0.05) is 61.1 Å². The molecular weight excluding hydrogens is 447 g/mol. The smallest absolute Gasteiger partial charge is 0.410 e. The summed E-state index contributed by atoms with van der Waals surface area (Å²) in [6.07, 6.45) is -3.01. The molecule has 178 valence electrons. The van der Waals surface area contributed by atoms with Gasteiger partial charge in [0.25, 0.3) is 0 Å². The summed E-state index contributed by atoms with van der Waals surface area (Å²) in [5.41, 5.74) is 3.72. The van der Waals surface area contributed by atoms with E-state index in [1.54, 1.807) is 18.3 Å². The van der Waals surface area contributed by atoms with Crippen LogP contribution in [0.1, 0.15) is 23.6 Å². The molecule has 34 heavy (non-hydrogen) atoms. The number of carbonyl (C=O) groups excluding carboxylic acids is 1. The van der Waals surface area contributed by atoms with Crippen LogP contribution in [0.2, 0.25) is 0 Å². The zero-order chi connectivity index (χ0) is 23.9. The molecule has 3 heterocycles. The first-order valence-corrected chi connectivity index (χ1v) is 11.1. The fourth-order valence-corrected chi connectivity index (χ4v) is 4.62. The number of rotatable bonds is 4. The van der Waals surface area contributed by atoms with Crippen molar-refractivity contribution in [2.45, 2.75) is 32.2 Å². The molecule has 1 saturated heterocycles. The van der Waals surface area contributed by atoms with Gasteiger partial charge in [0.2, 0.25) is 0 Å². The van der Waals surface area contributed by atoms with Gasteiger partial charge in [0.05, 0.1) is 17.5 Å². The number of ether oxygens (including phenoxy) is 1. The third-order valence-corrected chi connectivity index (χ3v) is 6.30. The number of nitrogens with zero attached hydrogens (tertiary/aromatic N) is 3.